The van der Waals surface area contributed by atoms with E-state index in [-0.39, 0.29) is 12.5 Å². The highest BCUT2D eigenvalue weighted by Crippen LogP contribution is 2.28. The first-order valence-corrected chi connectivity index (χ1v) is 10.4. The van der Waals surface area contributed by atoms with Crippen molar-refractivity contribution >= 4 is 49.6 Å². The molecule has 0 atom stereocenters. The first-order valence-electron chi connectivity index (χ1n) is 9.54. The van der Waals surface area contributed by atoms with E-state index in [1.165, 1.54) is 16.2 Å². The minimum absolute atomic E-state index is 0.322. The SMILES string of the molecule is CCN(C(=O)COC(=O)c1ccc2nc(C)c(C)nc2c1)c1nc2ccccc2s1. The topological polar surface area (TPSA) is 85.3 Å². The highest BCUT2D eigenvalue weighted by molar-refractivity contribution is 7.22. The van der Waals surface area contributed by atoms with Crippen molar-refractivity contribution in [1.82, 2.24) is 15.0 Å². The number of carbonyl (C=O) groups excluding carboxylic acids is 2. The van der Waals surface area contributed by atoms with Crippen molar-refractivity contribution in [1.29, 1.82) is 0 Å². The first kappa shape index (κ1) is 19.9. The molecule has 0 aliphatic carbocycles. The Hall–Kier alpha value is -3.39. The molecular formula is C22H20N4O3S. The number of hydrogen-bond acceptors (Lipinski definition) is 7. The largest absolute Gasteiger partial charge is 0.452 e. The number of hydrogen-bond donors (Lipinski definition) is 0. The average Bonchev–Trinajstić information content (AvgIpc) is 3.16. The molecule has 0 unspecified atom stereocenters. The molecular weight excluding hydrogens is 400 g/mol. The fourth-order valence-corrected chi connectivity index (χ4v) is 4.09. The minimum Gasteiger partial charge on any atom is -0.452 e. The van der Waals surface area contributed by atoms with Gasteiger partial charge in [0.1, 0.15) is 0 Å². The van der Waals surface area contributed by atoms with Crippen LogP contribution >= 0.6 is 11.3 Å². The molecule has 2 heterocycles. The molecule has 4 aromatic rings. The predicted molar refractivity (Wildman–Crippen MR) is 117 cm³/mol. The zero-order valence-corrected chi connectivity index (χ0v) is 17.7. The third kappa shape index (κ3) is 3.86. The molecule has 30 heavy (non-hydrogen) atoms. The highest BCUT2D eigenvalue weighted by atomic mass is 32.1. The summed E-state index contributed by atoms with van der Waals surface area (Å²) in [5.74, 6) is -0.900. The number of benzene rings is 2. The van der Waals surface area contributed by atoms with E-state index in [1.807, 2.05) is 45.0 Å². The lowest BCUT2D eigenvalue weighted by atomic mass is 10.2. The van der Waals surface area contributed by atoms with Gasteiger partial charge in [-0.15, -0.1) is 0 Å². The second kappa shape index (κ2) is 8.16. The maximum Gasteiger partial charge on any atom is 0.338 e. The standard InChI is InChI=1S/C22H20N4O3S/c1-4-26(22-25-17-7-5-6-8-19(17)30-22)20(27)12-29-21(28)15-9-10-16-18(11-15)24-14(3)13(2)23-16/h5-11H,4,12H2,1-3H3. The molecule has 0 bridgehead atoms. The number of likely N-dealkylation sites (N-methyl/N-ethyl adjacent to an activating group) is 1. The van der Waals surface area contributed by atoms with E-state index < -0.39 is 5.97 Å². The molecule has 152 valence electrons. The molecule has 2 aromatic heterocycles. The zero-order valence-electron chi connectivity index (χ0n) is 16.9. The molecule has 0 spiro atoms. The molecule has 0 aliphatic heterocycles. The van der Waals surface area contributed by atoms with Crippen molar-refractivity contribution in [3.8, 4) is 0 Å². The number of ether oxygens (including phenoxy) is 1. The minimum atomic E-state index is -0.578. The number of rotatable bonds is 5. The van der Waals surface area contributed by atoms with Gasteiger partial charge in [-0.25, -0.2) is 19.7 Å². The van der Waals surface area contributed by atoms with Gasteiger partial charge in [0.15, 0.2) is 11.7 Å². The highest BCUT2D eigenvalue weighted by Gasteiger charge is 2.20. The summed E-state index contributed by atoms with van der Waals surface area (Å²) in [6.45, 7) is 5.69. The van der Waals surface area contributed by atoms with E-state index in [2.05, 4.69) is 15.0 Å². The van der Waals surface area contributed by atoms with Crippen LogP contribution in [0.5, 0.6) is 0 Å². The number of fused-ring (bicyclic) bond motifs is 2. The van der Waals surface area contributed by atoms with Crippen molar-refractivity contribution in [3.05, 3.63) is 59.4 Å². The third-order valence-electron chi connectivity index (χ3n) is 4.77. The number of amides is 1. The van der Waals surface area contributed by atoms with Crippen LogP contribution in [0, 0.1) is 13.8 Å². The van der Waals surface area contributed by atoms with Gasteiger partial charge in [0.25, 0.3) is 5.91 Å². The number of nitrogens with zero attached hydrogens (tertiary/aromatic N) is 4. The molecule has 0 saturated carbocycles. The molecule has 2 aromatic carbocycles. The van der Waals surface area contributed by atoms with Crippen LogP contribution in [0.25, 0.3) is 21.3 Å². The maximum atomic E-state index is 12.7. The number of para-hydroxylation sites is 1. The van der Waals surface area contributed by atoms with Gasteiger partial charge >= 0.3 is 5.97 Å². The van der Waals surface area contributed by atoms with Crippen molar-refractivity contribution in [3.63, 3.8) is 0 Å². The molecule has 4 rings (SSSR count). The summed E-state index contributed by atoms with van der Waals surface area (Å²) in [6, 6.07) is 12.7. The fourth-order valence-electron chi connectivity index (χ4n) is 3.04. The van der Waals surface area contributed by atoms with Crippen molar-refractivity contribution in [2.75, 3.05) is 18.1 Å². The summed E-state index contributed by atoms with van der Waals surface area (Å²) < 4.78 is 6.27. The lowest BCUT2D eigenvalue weighted by molar-refractivity contribution is -0.121. The average molecular weight is 420 g/mol. The zero-order chi connectivity index (χ0) is 21.3. The summed E-state index contributed by atoms with van der Waals surface area (Å²) in [7, 11) is 0. The Labute approximate surface area is 177 Å². The summed E-state index contributed by atoms with van der Waals surface area (Å²) in [5, 5.41) is 0.589. The number of anilines is 1. The normalized spacial score (nSPS) is 11.0. The van der Waals surface area contributed by atoms with Crippen LogP contribution in [0.4, 0.5) is 5.13 Å². The van der Waals surface area contributed by atoms with Gasteiger partial charge in [-0.3, -0.25) is 9.69 Å². The van der Waals surface area contributed by atoms with Crippen LogP contribution in [0.15, 0.2) is 42.5 Å². The Morgan fingerprint density at radius 1 is 0.967 bits per heavy atom. The summed E-state index contributed by atoms with van der Waals surface area (Å²) in [6.07, 6.45) is 0. The molecule has 0 saturated heterocycles. The monoisotopic (exact) mass is 420 g/mol. The molecule has 8 heteroatoms. The van der Waals surface area contributed by atoms with Crippen LogP contribution in [-0.2, 0) is 9.53 Å². The van der Waals surface area contributed by atoms with Crippen molar-refractivity contribution in [2.45, 2.75) is 20.8 Å². The lowest BCUT2D eigenvalue weighted by Gasteiger charge is -2.17. The third-order valence-corrected chi connectivity index (χ3v) is 5.83. The Balaban J connectivity index is 1.47. The van der Waals surface area contributed by atoms with E-state index in [0.717, 1.165) is 21.6 Å². The summed E-state index contributed by atoms with van der Waals surface area (Å²) in [4.78, 5) is 40.1. The Kier molecular flexibility index (Phi) is 5.41. The van der Waals surface area contributed by atoms with Crippen LogP contribution in [0.1, 0.15) is 28.7 Å². The van der Waals surface area contributed by atoms with Gasteiger partial charge in [-0.1, -0.05) is 23.5 Å². The van der Waals surface area contributed by atoms with Crippen molar-refractivity contribution in [2.24, 2.45) is 0 Å². The second-order valence-electron chi connectivity index (χ2n) is 6.78. The Morgan fingerprint density at radius 2 is 1.70 bits per heavy atom. The van der Waals surface area contributed by atoms with Gasteiger partial charge in [-0.2, -0.15) is 0 Å². The van der Waals surface area contributed by atoms with Gasteiger partial charge in [-0.05, 0) is 51.1 Å². The Bertz CT molecular complexity index is 1230. The van der Waals surface area contributed by atoms with E-state index in [1.54, 1.807) is 18.2 Å². The van der Waals surface area contributed by atoms with Gasteiger partial charge in [0.05, 0.1) is 38.2 Å². The number of thiazole rings is 1. The van der Waals surface area contributed by atoms with E-state index >= 15 is 0 Å². The second-order valence-corrected chi connectivity index (χ2v) is 7.79. The Morgan fingerprint density at radius 3 is 2.43 bits per heavy atom. The molecule has 0 fully saturated rings. The first-order chi connectivity index (χ1) is 14.5. The van der Waals surface area contributed by atoms with Crippen LogP contribution in [0.2, 0.25) is 0 Å². The van der Waals surface area contributed by atoms with Crippen molar-refractivity contribution < 1.29 is 14.3 Å². The number of aromatic nitrogens is 3. The number of aryl methyl sites for hydroxylation is 2. The molecule has 1 amide bonds. The molecule has 0 aliphatic rings. The number of carbonyl (C=O) groups is 2. The van der Waals surface area contributed by atoms with Crippen LogP contribution in [0.3, 0.4) is 0 Å². The smallest absolute Gasteiger partial charge is 0.338 e. The van der Waals surface area contributed by atoms with Crippen LogP contribution in [-0.4, -0.2) is 40.0 Å². The maximum absolute atomic E-state index is 12.7. The van der Waals surface area contributed by atoms with Gasteiger partial charge in [0.2, 0.25) is 0 Å². The van der Waals surface area contributed by atoms with Gasteiger partial charge in [0, 0.05) is 6.54 Å². The summed E-state index contributed by atoms with van der Waals surface area (Å²) >= 11 is 1.43. The number of esters is 1. The van der Waals surface area contributed by atoms with E-state index in [4.69, 9.17) is 4.74 Å². The molecule has 0 N–H and O–H groups in total. The fraction of sp³-hybridized carbons (Fsp3) is 0.227. The lowest BCUT2D eigenvalue weighted by Crippen LogP contribution is -2.34. The van der Waals surface area contributed by atoms with Crippen LogP contribution < -0.4 is 4.90 Å². The summed E-state index contributed by atoms with van der Waals surface area (Å²) in [5.41, 5.74) is 4.14. The quantitative estimate of drug-likeness (QED) is 0.453. The van der Waals surface area contributed by atoms with E-state index in [9.17, 15) is 9.59 Å². The van der Waals surface area contributed by atoms with E-state index in [0.29, 0.717) is 28.3 Å². The van der Waals surface area contributed by atoms with Gasteiger partial charge < -0.3 is 4.74 Å². The predicted octanol–water partition coefficient (Wildman–Crippen LogP) is 4.07. The molecule has 0 radical (unpaired) electrons. The molecule has 7 nitrogen and oxygen atoms in total.